The highest BCUT2D eigenvalue weighted by Gasteiger charge is 2.33. The van der Waals surface area contributed by atoms with Crippen LogP contribution in [0.2, 0.25) is 0 Å². The first-order chi connectivity index (χ1) is 13.6. The van der Waals surface area contributed by atoms with Crippen molar-refractivity contribution in [3.63, 3.8) is 0 Å². The molecule has 0 fully saturated rings. The molecule has 146 valence electrons. The number of rotatable bonds is 4. The Morgan fingerprint density at radius 3 is 2.82 bits per heavy atom. The lowest BCUT2D eigenvalue weighted by atomic mass is 9.91. The number of carbonyl (C=O) groups is 1. The molecule has 2 aromatic rings. The summed E-state index contributed by atoms with van der Waals surface area (Å²) in [5.74, 6) is 1.37. The predicted molar refractivity (Wildman–Crippen MR) is 108 cm³/mol. The predicted octanol–water partition coefficient (Wildman–Crippen LogP) is 3.64. The van der Waals surface area contributed by atoms with Crippen molar-refractivity contribution in [3.8, 4) is 11.5 Å². The molecule has 2 aliphatic rings. The van der Waals surface area contributed by atoms with Crippen LogP contribution in [0.4, 0.5) is 10.5 Å². The second kappa shape index (κ2) is 7.42. The molecule has 7 nitrogen and oxygen atoms in total. The first kappa shape index (κ1) is 18.2. The number of hydrogen-bond acceptors (Lipinski definition) is 5. The summed E-state index contributed by atoms with van der Waals surface area (Å²) in [7, 11) is 0. The second-order valence-electron chi connectivity index (χ2n) is 6.97. The highest BCUT2D eigenvalue weighted by atomic mass is 16.7. The summed E-state index contributed by atoms with van der Waals surface area (Å²) in [6.45, 7) is 4.86. The number of hydrazone groups is 1. The van der Waals surface area contributed by atoms with E-state index in [0.29, 0.717) is 29.4 Å². The molecule has 7 heteroatoms. The Bertz CT molecular complexity index is 941. The molecule has 0 spiro atoms. The van der Waals surface area contributed by atoms with Crippen LogP contribution in [0.15, 0.2) is 41.5 Å². The zero-order valence-corrected chi connectivity index (χ0v) is 16.1. The minimum absolute atomic E-state index is 0.193. The largest absolute Gasteiger partial charge is 0.454 e. The summed E-state index contributed by atoms with van der Waals surface area (Å²) in [6, 6.07) is 10.9. The van der Waals surface area contributed by atoms with Gasteiger partial charge in [0, 0.05) is 23.4 Å². The number of benzene rings is 2. The van der Waals surface area contributed by atoms with Gasteiger partial charge in [-0.15, -0.1) is 0 Å². The Kier molecular flexibility index (Phi) is 4.81. The molecule has 3 N–H and O–H groups in total. The Morgan fingerprint density at radius 2 is 2.07 bits per heavy atom. The third-order valence-electron chi connectivity index (χ3n) is 5.00. The number of anilines is 1. The molecule has 2 amide bonds. The molecule has 0 bridgehead atoms. The highest BCUT2D eigenvalue weighted by Crippen LogP contribution is 2.41. The number of nitrogens with two attached hydrogens (primary N) is 1. The van der Waals surface area contributed by atoms with Gasteiger partial charge in [0.15, 0.2) is 11.5 Å². The molecule has 2 aromatic carbocycles. The van der Waals surface area contributed by atoms with Crippen LogP contribution >= 0.6 is 0 Å². The van der Waals surface area contributed by atoms with Gasteiger partial charge in [-0.05, 0) is 43.2 Å². The van der Waals surface area contributed by atoms with Gasteiger partial charge < -0.3 is 20.5 Å². The number of unbranched alkanes of at least 4 members (excludes halogenated alkanes) is 1. The van der Waals surface area contributed by atoms with Gasteiger partial charge in [-0.2, -0.15) is 5.10 Å². The van der Waals surface area contributed by atoms with Crippen LogP contribution in [0.3, 0.4) is 0 Å². The first-order valence-electron chi connectivity index (χ1n) is 9.54. The Hall–Kier alpha value is -3.22. The van der Waals surface area contributed by atoms with E-state index < -0.39 is 0 Å². The van der Waals surface area contributed by atoms with E-state index in [1.165, 1.54) is 5.01 Å². The summed E-state index contributed by atoms with van der Waals surface area (Å²) in [4.78, 5) is 12.8. The van der Waals surface area contributed by atoms with Crippen molar-refractivity contribution in [3.05, 3.63) is 53.1 Å². The van der Waals surface area contributed by atoms with Gasteiger partial charge in [-0.3, -0.25) is 0 Å². The second-order valence-corrected chi connectivity index (χ2v) is 6.97. The third-order valence-corrected chi connectivity index (χ3v) is 5.00. The molecular weight excluding hydrogens is 356 g/mol. The molecule has 2 heterocycles. The molecule has 4 rings (SSSR count). The van der Waals surface area contributed by atoms with E-state index in [2.05, 4.69) is 12.2 Å². The zero-order chi connectivity index (χ0) is 19.7. The van der Waals surface area contributed by atoms with E-state index in [9.17, 15) is 4.79 Å². The van der Waals surface area contributed by atoms with E-state index in [4.69, 9.17) is 20.3 Å². The maximum Gasteiger partial charge on any atom is 0.338 e. The van der Waals surface area contributed by atoms with E-state index >= 15 is 0 Å². The van der Waals surface area contributed by atoms with Crippen molar-refractivity contribution in [2.45, 2.75) is 32.7 Å². The number of nitrogens with one attached hydrogen (secondary N) is 1. The van der Waals surface area contributed by atoms with Gasteiger partial charge in [0.1, 0.15) is 0 Å². The number of carbonyl (C=O) groups excluding carboxylic acids is 1. The number of amides is 2. The number of nitrogen functional groups attached to an aromatic ring is 1. The third kappa shape index (κ3) is 3.24. The van der Waals surface area contributed by atoms with Gasteiger partial charge in [-0.1, -0.05) is 25.5 Å². The Balaban J connectivity index is 1.79. The lowest BCUT2D eigenvalue weighted by Gasteiger charge is -2.32. The van der Waals surface area contributed by atoms with Crippen molar-refractivity contribution < 1.29 is 14.3 Å². The lowest BCUT2D eigenvalue weighted by Crippen LogP contribution is -2.41. The summed E-state index contributed by atoms with van der Waals surface area (Å²) in [6.07, 6.45) is 1.94. The quantitative estimate of drug-likeness (QED) is 0.626. The fourth-order valence-corrected chi connectivity index (χ4v) is 3.46. The summed E-state index contributed by atoms with van der Waals surface area (Å²) in [5.41, 5.74) is 10.0. The van der Waals surface area contributed by atoms with Crippen molar-refractivity contribution in [1.82, 2.24) is 10.3 Å². The SMILES string of the molecule is CCCCNC(=O)N1N=C(c2cccc(N)c2)c2cc3c(cc2C1C)OCO3. The van der Waals surface area contributed by atoms with Crippen molar-refractivity contribution in [1.29, 1.82) is 0 Å². The van der Waals surface area contributed by atoms with Gasteiger partial charge in [0.2, 0.25) is 6.79 Å². The standard InChI is InChI=1S/C21H24N4O3/c1-3-4-8-23-21(26)25-13(2)16-10-18-19(28-12-27-18)11-17(16)20(24-25)14-6-5-7-15(22)9-14/h5-7,9-11,13H,3-4,8,12,22H2,1-2H3,(H,23,26). The summed E-state index contributed by atoms with van der Waals surface area (Å²) in [5, 5.41) is 9.15. The summed E-state index contributed by atoms with van der Waals surface area (Å²) < 4.78 is 11.1. The van der Waals surface area contributed by atoms with Crippen LogP contribution in [-0.2, 0) is 0 Å². The van der Waals surface area contributed by atoms with Crippen LogP contribution in [0.1, 0.15) is 49.4 Å². The smallest absolute Gasteiger partial charge is 0.338 e. The molecule has 0 saturated carbocycles. The monoisotopic (exact) mass is 380 g/mol. The van der Waals surface area contributed by atoms with Crippen molar-refractivity contribution in [2.75, 3.05) is 19.1 Å². The van der Waals surface area contributed by atoms with E-state index in [1.807, 2.05) is 43.3 Å². The van der Waals surface area contributed by atoms with Gasteiger partial charge >= 0.3 is 6.03 Å². The summed E-state index contributed by atoms with van der Waals surface area (Å²) >= 11 is 0. The first-order valence-corrected chi connectivity index (χ1v) is 9.54. The minimum Gasteiger partial charge on any atom is -0.454 e. The normalized spacial score (nSPS) is 17.1. The molecule has 0 radical (unpaired) electrons. The van der Waals surface area contributed by atoms with Gasteiger partial charge in [0.25, 0.3) is 0 Å². The van der Waals surface area contributed by atoms with Crippen molar-refractivity contribution in [2.24, 2.45) is 5.10 Å². The average molecular weight is 380 g/mol. The molecule has 0 aliphatic carbocycles. The van der Waals surface area contributed by atoms with Crippen LogP contribution in [0, 0.1) is 0 Å². The molecule has 1 unspecified atom stereocenters. The van der Waals surface area contributed by atoms with Crippen molar-refractivity contribution >= 4 is 17.4 Å². The molecule has 2 aliphatic heterocycles. The lowest BCUT2D eigenvalue weighted by molar-refractivity contribution is 0.173. The maximum absolute atomic E-state index is 12.8. The number of ether oxygens (including phenoxy) is 2. The fourth-order valence-electron chi connectivity index (χ4n) is 3.46. The molecule has 28 heavy (non-hydrogen) atoms. The maximum atomic E-state index is 12.8. The molecule has 1 atom stereocenters. The van der Waals surface area contributed by atoms with Crippen LogP contribution in [0.5, 0.6) is 11.5 Å². The highest BCUT2D eigenvalue weighted by molar-refractivity contribution is 6.15. The Morgan fingerprint density at radius 1 is 1.29 bits per heavy atom. The molecular formula is C21H24N4O3. The number of fused-ring (bicyclic) bond motifs is 2. The minimum atomic E-state index is -0.240. The van der Waals surface area contributed by atoms with E-state index in [1.54, 1.807) is 0 Å². The van der Waals surface area contributed by atoms with Crippen LogP contribution in [0.25, 0.3) is 0 Å². The molecule has 0 aromatic heterocycles. The topological polar surface area (TPSA) is 89.2 Å². The van der Waals surface area contributed by atoms with E-state index in [0.717, 1.165) is 29.5 Å². The number of hydrogen-bond donors (Lipinski definition) is 2. The number of nitrogens with zero attached hydrogens (tertiary/aromatic N) is 2. The zero-order valence-electron chi connectivity index (χ0n) is 16.1. The van der Waals surface area contributed by atoms with Gasteiger partial charge in [-0.25, -0.2) is 9.80 Å². The van der Waals surface area contributed by atoms with Crippen LogP contribution < -0.4 is 20.5 Å². The average Bonchev–Trinajstić information content (AvgIpc) is 3.14. The molecule has 0 saturated heterocycles. The van der Waals surface area contributed by atoms with Crippen LogP contribution in [-0.4, -0.2) is 30.1 Å². The number of urea groups is 1. The Labute approximate surface area is 164 Å². The fraction of sp³-hybridized carbons (Fsp3) is 0.333. The van der Waals surface area contributed by atoms with E-state index in [-0.39, 0.29) is 18.9 Å². The van der Waals surface area contributed by atoms with Gasteiger partial charge in [0.05, 0.1) is 11.8 Å².